The molecule has 1 amide bonds. The van der Waals surface area contributed by atoms with Crippen LogP contribution in [-0.4, -0.2) is 33.7 Å². The first-order valence-electron chi connectivity index (χ1n) is 10.2. The molecule has 3 aliphatic rings. The van der Waals surface area contributed by atoms with E-state index in [1.165, 1.54) is 12.1 Å². The number of nitrogens with zero attached hydrogens (tertiary/aromatic N) is 3. The van der Waals surface area contributed by atoms with Crippen LogP contribution in [0.3, 0.4) is 0 Å². The number of amides is 1. The summed E-state index contributed by atoms with van der Waals surface area (Å²) in [6, 6.07) is 8.06. The number of hydrogen-bond acceptors (Lipinski definition) is 3. The molecule has 0 N–H and O–H groups in total. The van der Waals surface area contributed by atoms with Gasteiger partial charge in [0.05, 0.1) is 17.7 Å². The maximum atomic E-state index is 13.2. The second-order valence-corrected chi connectivity index (χ2v) is 8.51. The Labute approximate surface area is 163 Å². The van der Waals surface area contributed by atoms with Crippen molar-refractivity contribution in [1.29, 1.82) is 0 Å². The molecule has 2 aliphatic carbocycles. The fraction of sp³-hybridized carbons (Fsp3) is 0.500. The average molecular weight is 381 g/mol. The molecule has 146 valence electrons. The van der Waals surface area contributed by atoms with Crippen molar-refractivity contribution in [3.8, 4) is 0 Å². The first-order valence-corrected chi connectivity index (χ1v) is 10.2. The molecule has 0 bridgehead atoms. The number of halogens is 1. The van der Waals surface area contributed by atoms with E-state index < -0.39 is 5.41 Å². The first-order chi connectivity index (χ1) is 13.5. The lowest BCUT2D eigenvalue weighted by molar-refractivity contribution is -0.140. The van der Waals surface area contributed by atoms with Crippen LogP contribution in [0.1, 0.15) is 42.5 Å². The quantitative estimate of drug-likeness (QED) is 0.818. The zero-order valence-corrected chi connectivity index (χ0v) is 15.9. The number of aromatic nitrogens is 2. The molecule has 0 atom stereocenters. The normalized spacial score (nSPS) is 20.4. The molecule has 2 heterocycles. The van der Waals surface area contributed by atoms with Crippen molar-refractivity contribution in [2.45, 2.75) is 50.5 Å². The zero-order chi connectivity index (χ0) is 19.3. The molecule has 1 aromatic heterocycles. The van der Waals surface area contributed by atoms with Crippen molar-refractivity contribution in [2.24, 2.45) is 5.92 Å². The summed E-state index contributed by atoms with van der Waals surface area (Å²) in [5.74, 6) is 0.125. The zero-order valence-electron chi connectivity index (χ0n) is 15.9. The van der Waals surface area contributed by atoms with Crippen molar-refractivity contribution >= 4 is 5.91 Å². The van der Waals surface area contributed by atoms with E-state index in [-0.39, 0.29) is 23.2 Å². The van der Waals surface area contributed by atoms with E-state index in [9.17, 15) is 14.0 Å². The minimum absolute atomic E-state index is 0.0320. The molecule has 0 spiro atoms. The third kappa shape index (κ3) is 2.95. The number of carbonyl (C=O) groups is 1. The smallest absolute Gasteiger partial charge is 0.267 e. The van der Waals surface area contributed by atoms with Crippen LogP contribution in [0.5, 0.6) is 0 Å². The predicted molar refractivity (Wildman–Crippen MR) is 103 cm³/mol. The van der Waals surface area contributed by atoms with Crippen LogP contribution in [0, 0.1) is 11.7 Å². The number of hydrogen-bond donors (Lipinski definition) is 0. The molecular weight excluding hydrogens is 357 g/mol. The van der Waals surface area contributed by atoms with E-state index in [0.29, 0.717) is 19.6 Å². The molecule has 1 aromatic carbocycles. The summed E-state index contributed by atoms with van der Waals surface area (Å²) < 4.78 is 14.8. The van der Waals surface area contributed by atoms with Gasteiger partial charge in [-0.1, -0.05) is 12.1 Å². The highest BCUT2D eigenvalue weighted by molar-refractivity contribution is 5.91. The van der Waals surface area contributed by atoms with Crippen LogP contribution >= 0.6 is 0 Å². The molecule has 1 saturated carbocycles. The Balaban J connectivity index is 1.24. The molecule has 0 radical (unpaired) electrons. The van der Waals surface area contributed by atoms with Gasteiger partial charge in [-0.3, -0.25) is 9.59 Å². The number of fused-ring (bicyclic) bond motifs is 1. The summed E-state index contributed by atoms with van der Waals surface area (Å²) in [6.07, 6.45) is 5.82. The fourth-order valence-electron chi connectivity index (χ4n) is 4.65. The third-order valence-electron chi connectivity index (χ3n) is 6.51. The molecule has 1 saturated heterocycles. The maximum Gasteiger partial charge on any atom is 0.267 e. The summed E-state index contributed by atoms with van der Waals surface area (Å²) in [6.45, 7) is 1.89. The number of likely N-dealkylation sites (tertiary alicyclic amines) is 1. The van der Waals surface area contributed by atoms with Gasteiger partial charge in [0.2, 0.25) is 5.91 Å². The minimum atomic E-state index is -0.459. The van der Waals surface area contributed by atoms with Crippen LogP contribution in [0.4, 0.5) is 4.39 Å². The molecule has 6 heteroatoms. The fourth-order valence-corrected chi connectivity index (χ4v) is 4.65. The Bertz CT molecular complexity index is 972. The molecular formula is C22H24FN3O2. The van der Waals surface area contributed by atoms with E-state index in [2.05, 4.69) is 5.10 Å². The van der Waals surface area contributed by atoms with Gasteiger partial charge in [0, 0.05) is 25.1 Å². The van der Waals surface area contributed by atoms with E-state index in [0.717, 1.165) is 55.3 Å². The molecule has 5 rings (SSSR count). The van der Waals surface area contributed by atoms with Gasteiger partial charge in [-0.15, -0.1) is 0 Å². The Morgan fingerprint density at radius 1 is 1.14 bits per heavy atom. The Kier molecular flexibility index (Phi) is 4.11. The van der Waals surface area contributed by atoms with Gasteiger partial charge < -0.3 is 4.90 Å². The maximum absolute atomic E-state index is 13.2. The largest absolute Gasteiger partial charge is 0.341 e. The average Bonchev–Trinajstić information content (AvgIpc) is 3.46. The van der Waals surface area contributed by atoms with Crippen LogP contribution in [-0.2, 0) is 29.6 Å². The molecule has 2 fully saturated rings. The van der Waals surface area contributed by atoms with Gasteiger partial charge >= 0.3 is 0 Å². The van der Waals surface area contributed by atoms with Gasteiger partial charge in [0.1, 0.15) is 5.82 Å². The highest BCUT2D eigenvalue weighted by Gasteiger charge is 2.54. The van der Waals surface area contributed by atoms with Gasteiger partial charge in [-0.05, 0) is 61.8 Å². The highest BCUT2D eigenvalue weighted by atomic mass is 19.1. The van der Waals surface area contributed by atoms with Crippen molar-refractivity contribution < 1.29 is 9.18 Å². The van der Waals surface area contributed by atoms with Gasteiger partial charge in [0.25, 0.3) is 5.56 Å². The predicted octanol–water partition coefficient (Wildman–Crippen LogP) is 2.45. The summed E-state index contributed by atoms with van der Waals surface area (Å²) in [5, 5.41) is 4.59. The van der Waals surface area contributed by atoms with Crippen molar-refractivity contribution in [1.82, 2.24) is 14.7 Å². The number of benzene rings is 1. The lowest BCUT2D eigenvalue weighted by atomic mass is 9.90. The third-order valence-corrected chi connectivity index (χ3v) is 6.51. The van der Waals surface area contributed by atoms with Crippen molar-refractivity contribution in [2.75, 3.05) is 13.1 Å². The topological polar surface area (TPSA) is 55.2 Å². The van der Waals surface area contributed by atoms with Crippen molar-refractivity contribution in [3.63, 3.8) is 0 Å². The van der Waals surface area contributed by atoms with E-state index in [4.69, 9.17) is 0 Å². The molecule has 5 nitrogen and oxygen atoms in total. The van der Waals surface area contributed by atoms with Crippen molar-refractivity contribution in [3.05, 3.63) is 63.3 Å². The summed E-state index contributed by atoms with van der Waals surface area (Å²) in [7, 11) is 0. The second kappa shape index (κ2) is 6.54. The number of aryl methyl sites for hydroxylation is 2. The molecule has 28 heavy (non-hydrogen) atoms. The van der Waals surface area contributed by atoms with E-state index in [1.54, 1.807) is 22.9 Å². The van der Waals surface area contributed by atoms with E-state index >= 15 is 0 Å². The summed E-state index contributed by atoms with van der Waals surface area (Å²) in [5.41, 5.74) is 2.59. The summed E-state index contributed by atoms with van der Waals surface area (Å²) in [4.78, 5) is 27.2. The van der Waals surface area contributed by atoms with Crippen LogP contribution in [0.2, 0.25) is 0 Å². The Morgan fingerprint density at radius 3 is 2.57 bits per heavy atom. The highest BCUT2D eigenvalue weighted by Crippen LogP contribution is 2.50. The van der Waals surface area contributed by atoms with Gasteiger partial charge in [0.15, 0.2) is 0 Å². The van der Waals surface area contributed by atoms with Crippen LogP contribution in [0.25, 0.3) is 0 Å². The Hall–Kier alpha value is -2.50. The summed E-state index contributed by atoms with van der Waals surface area (Å²) >= 11 is 0. The van der Waals surface area contributed by atoms with Gasteiger partial charge in [-0.2, -0.15) is 5.10 Å². The van der Waals surface area contributed by atoms with Crippen LogP contribution in [0.15, 0.2) is 35.1 Å². The Morgan fingerprint density at radius 2 is 1.86 bits per heavy atom. The van der Waals surface area contributed by atoms with E-state index in [1.807, 2.05) is 4.90 Å². The number of rotatable bonds is 4. The second-order valence-electron chi connectivity index (χ2n) is 8.51. The molecule has 2 aromatic rings. The molecule has 1 aliphatic heterocycles. The van der Waals surface area contributed by atoms with Gasteiger partial charge in [-0.25, -0.2) is 9.07 Å². The standard InChI is InChI=1S/C22H24FN3O2/c23-18-7-5-17(6-8-18)22(9-10-22)21(28)25-12-15(13-25)14-26-20(27)11-16-3-1-2-4-19(16)24-26/h5-8,11,15H,1-4,9-10,12-14H2. The first kappa shape index (κ1) is 17.6. The minimum Gasteiger partial charge on any atom is -0.341 e. The van der Waals surface area contributed by atoms with Crippen LogP contribution < -0.4 is 5.56 Å². The lowest BCUT2D eigenvalue weighted by Gasteiger charge is -2.41. The SMILES string of the molecule is O=C(N1CC(Cn2nc3c(cc2=O)CCCC3)C1)C1(c2ccc(F)cc2)CC1. The molecule has 0 unspecified atom stereocenters. The monoisotopic (exact) mass is 381 g/mol. The lowest BCUT2D eigenvalue weighted by Crippen LogP contribution is -2.55. The number of carbonyl (C=O) groups excluding carboxylic acids is 1.